The van der Waals surface area contributed by atoms with E-state index in [-0.39, 0.29) is 0 Å². The van der Waals surface area contributed by atoms with Gasteiger partial charge in [-0.2, -0.15) is 0 Å². The lowest BCUT2D eigenvalue weighted by Crippen LogP contribution is -1.84. The first-order chi connectivity index (χ1) is 7.29. The van der Waals surface area contributed by atoms with Gasteiger partial charge in [-0.15, -0.1) is 22.9 Å². The number of aromatic nitrogens is 2. The van der Waals surface area contributed by atoms with Gasteiger partial charge >= 0.3 is 0 Å². The molecule has 0 bridgehead atoms. The largest absolute Gasteiger partial charge is 0.439 e. The molecule has 0 N–H and O–H groups in total. The second-order valence-electron chi connectivity index (χ2n) is 3.16. The van der Waals surface area contributed by atoms with Crippen LogP contribution in [0.1, 0.15) is 17.3 Å². The van der Waals surface area contributed by atoms with Crippen LogP contribution in [0.4, 0.5) is 0 Å². The van der Waals surface area contributed by atoms with Crippen LogP contribution in [0.3, 0.4) is 0 Å². The predicted octanol–water partition coefficient (Wildman–Crippen LogP) is 3.28. The van der Waals surface area contributed by atoms with E-state index < -0.39 is 0 Å². The maximum absolute atomic E-state index is 5.60. The molecule has 80 valence electrons. The molecule has 0 radical (unpaired) electrons. The lowest BCUT2D eigenvalue weighted by molar-refractivity contribution is 0.502. The highest BCUT2D eigenvalue weighted by molar-refractivity contribution is 7.09. The van der Waals surface area contributed by atoms with E-state index in [1.165, 1.54) is 0 Å². The lowest BCUT2D eigenvalue weighted by atomic mass is 10.3. The number of halogens is 1. The molecule has 0 unspecified atom stereocenters. The van der Waals surface area contributed by atoms with Crippen molar-refractivity contribution in [2.24, 2.45) is 0 Å². The summed E-state index contributed by atoms with van der Waals surface area (Å²) in [4.78, 5) is 8.51. The Kier molecular flexibility index (Phi) is 3.38. The van der Waals surface area contributed by atoms with Gasteiger partial charge < -0.3 is 4.42 Å². The van der Waals surface area contributed by atoms with Crippen LogP contribution in [-0.2, 0) is 6.42 Å². The fraction of sp³-hybridized carbons (Fsp3) is 0.400. The minimum absolute atomic E-state index is 0.632. The monoisotopic (exact) mass is 242 g/mol. The topological polar surface area (TPSA) is 38.9 Å². The number of thiazole rings is 1. The van der Waals surface area contributed by atoms with Crippen LogP contribution in [-0.4, -0.2) is 15.8 Å². The first-order valence-corrected chi connectivity index (χ1v) is 6.14. The van der Waals surface area contributed by atoms with Gasteiger partial charge in [0.25, 0.3) is 0 Å². The van der Waals surface area contributed by atoms with Crippen molar-refractivity contribution < 1.29 is 4.42 Å². The van der Waals surface area contributed by atoms with Gasteiger partial charge in [0.15, 0.2) is 11.7 Å². The minimum Gasteiger partial charge on any atom is -0.439 e. The molecular weight excluding hydrogens is 232 g/mol. The average molecular weight is 243 g/mol. The molecule has 0 aliphatic carbocycles. The van der Waals surface area contributed by atoms with E-state index in [9.17, 15) is 0 Å². The number of hydrogen-bond donors (Lipinski definition) is 0. The molecule has 15 heavy (non-hydrogen) atoms. The number of rotatable bonds is 4. The van der Waals surface area contributed by atoms with E-state index in [4.69, 9.17) is 16.0 Å². The van der Waals surface area contributed by atoms with Crippen molar-refractivity contribution in [3.05, 3.63) is 22.5 Å². The molecule has 0 aromatic carbocycles. The summed E-state index contributed by atoms with van der Waals surface area (Å²) in [5.74, 6) is 2.10. The maximum Gasteiger partial charge on any atom is 0.195 e. The third-order valence-corrected chi connectivity index (χ3v) is 2.99. The van der Waals surface area contributed by atoms with Crippen molar-refractivity contribution in [1.82, 2.24) is 9.97 Å². The second-order valence-corrected chi connectivity index (χ2v) is 4.60. The van der Waals surface area contributed by atoms with E-state index in [0.29, 0.717) is 5.88 Å². The smallest absolute Gasteiger partial charge is 0.195 e. The van der Waals surface area contributed by atoms with Gasteiger partial charge in [-0.25, -0.2) is 9.97 Å². The van der Waals surface area contributed by atoms with E-state index in [1.54, 1.807) is 17.5 Å². The molecule has 2 aromatic rings. The van der Waals surface area contributed by atoms with Crippen LogP contribution in [0.2, 0.25) is 0 Å². The van der Waals surface area contributed by atoms with E-state index in [1.807, 2.05) is 12.3 Å². The number of nitrogens with zero attached hydrogens (tertiary/aromatic N) is 2. The van der Waals surface area contributed by atoms with Crippen molar-refractivity contribution in [2.75, 3.05) is 5.88 Å². The van der Waals surface area contributed by atoms with Gasteiger partial charge in [0.05, 0.1) is 11.2 Å². The third-order valence-electron chi connectivity index (χ3n) is 1.95. The van der Waals surface area contributed by atoms with E-state index in [0.717, 1.165) is 35.2 Å². The molecule has 2 aromatic heterocycles. The molecule has 0 aliphatic heterocycles. The van der Waals surface area contributed by atoms with Crippen molar-refractivity contribution in [1.29, 1.82) is 0 Å². The molecule has 5 heteroatoms. The Morgan fingerprint density at radius 1 is 1.53 bits per heavy atom. The molecule has 2 heterocycles. The zero-order valence-corrected chi connectivity index (χ0v) is 9.94. The van der Waals surface area contributed by atoms with Crippen molar-refractivity contribution in [2.45, 2.75) is 19.8 Å². The van der Waals surface area contributed by atoms with E-state index in [2.05, 4.69) is 9.97 Å². The van der Waals surface area contributed by atoms with Crippen LogP contribution in [0.5, 0.6) is 0 Å². The summed E-state index contributed by atoms with van der Waals surface area (Å²) in [7, 11) is 0. The van der Waals surface area contributed by atoms with Crippen LogP contribution >= 0.6 is 22.9 Å². The third kappa shape index (κ3) is 2.58. The molecule has 0 fully saturated rings. The lowest BCUT2D eigenvalue weighted by Gasteiger charge is -1.90. The normalized spacial score (nSPS) is 10.8. The van der Waals surface area contributed by atoms with Crippen LogP contribution in [0, 0.1) is 6.92 Å². The number of oxazole rings is 1. The number of hydrogen-bond acceptors (Lipinski definition) is 4. The molecule has 0 saturated carbocycles. The van der Waals surface area contributed by atoms with Gasteiger partial charge in [0.1, 0.15) is 5.69 Å². The van der Waals surface area contributed by atoms with Gasteiger partial charge in [0, 0.05) is 17.7 Å². The van der Waals surface area contributed by atoms with Crippen LogP contribution < -0.4 is 0 Å². The highest BCUT2D eigenvalue weighted by Crippen LogP contribution is 2.22. The molecule has 0 atom stereocenters. The predicted molar refractivity (Wildman–Crippen MR) is 61.4 cm³/mol. The molecule has 0 saturated heterocycles. The van der Waals surface area contributed by atoms with Gasteiger partial charge in [-0.05, 0) is 13.3 Å². The number of aryl methyl sites for hydroxylation is 2. The first-order valence-electron chi connectivity index (χ1n) is 4.73. The quantitative estimate of drug-likeness (QED) is 0.773. The summed E-state index contributed by atoms with van der Waals surface area (Å²) in [6.07, 6.45) is 3.39. The molecule has 0 amide bonds. The highest BCUT2D eigenvalue weighted by Gasteiger charge is 2.08. The Morgan fingerprint density at radius 2 is 2.40 bits per heavy atom. The summed E-state index contributed by atoms with van der Waals surface area (Å²) in [5.41, 5.74) is 0.863. The summed E-state index contributed by atoms with van der Waals surface area (Å²) < 4.78 is 5.56. The van der Waals surface area contributed by atoms with Gasteiger partial charge in [-0.1, -0.05) is 0 Å². The van der Waals surface area contributed by atoms with Crippen molar-refractivity contribution in [3.63, 3.8) is 0 Å². The van der Waals surface area contributed by atoms with Gasteiger partial charge in [0.2, 0.25) is 0 Å². The number of alkyl halides is 1. The van der Waals surface area contributed by atoms with Crippen LogP contribution in [0.15, 0.2) is 16.0 Å². The fourth-order valence-corrected chi connectivity index (χ4v) is 1.97. The molecule has 0 spiro atoms. The Balaban J connectivity index is 2.13. The Bertz CT molecular complexity index is 438. The molecular formula is C10H11ClN2OS. The Labute approximate surface area is 97.1 Å². The van der Waals surface area contributed by atoms with Crippen molar-refractivity contribution >= 4 is 22.9 Å². The molecule has 0 aliphatic rings. The molecule has 3 nitrogen and oxygen atoms in total. The SMILES string of the molecule is Cc1nc(-c2cnc(CCCCl)o2)cs1. The summed E-state index contributed by atoms with van der Waals surface area (Å²) in [6, 6.07) is 0. The summed E-state index contributed by atoms with van der Waals surface area (Å²) in [6.45, 7) is 1.97. The van der Waals surface area contributed by atoms with Crippen molar-refractivity contribution in [3.8, 4) is 11.5 Å². The minimum atomic E-state index is 0.632. The summed E-state index contributed by atoms with van der Waals surface area (Å²) in [5, 5.41) is 3.00. The first kappa shape index (κ1) is 10.6. The average Bonchev–Trinajstić information content (AvgIpc) is 2.83. The standard InChI is InChI=1S/C10H11ClN2OS/c1-7-13-8(6-15-7)9-5-12-10(14-9)3-2-4-11/h5-6H,2-4H2,1H3. The maximum atomic E-state index is 5.60. The fourth-order valence-electron chi connectivity index (χ4n) is 1.24. The second kappa shape index (κ2) is 4.77. The molecule has 2 rings (SSSR count). The zero-order valence-electron chi connectivity index (χ0n) is 8.36. The summed E-state index contributed by atoms with van der Waals surface area (Å²) >= 11 is 7.20. The van der Waals surface area contributed by atoms with Crippen LogP contribution in [0.25, 0.3) is 11.5 Å². The van der Waals surface area contributed by atoms with Gasteiger partial charge in [-0.3, -0.25) is 0 Å². The zero-order chi connectivity index (χ0) is 10.7. The highest BCUT2D eigenvalue weighted by atomic mass is 35.5. The van der Waals surface area contributed by atoms with E-state index >= 15 is 0 Å². The Hall–Kier alpha value is -0.870. The Morgan fingerprint density at radius 3 is 3.07 bits per heavy atom.